The van der Waals surface area contributed by atoms with Gasteiger partial charge in [-0.25, -0.2) is 9.29 Å². The quantitative estimate of drug-likeness (QED) is 0.658. The second-order valence-electron chi connectivity index (χ2n) is 8.54. The highest BCUT2D eigenvalue weighted by Gasteiger charge is 2.44. The number of imide groups is 1. The van der Waals surface area contributed by atoms with Crippen molar-refractivity contribution in [3.8, 4) is 11.5 Å². The molecule has 2 aliphatic rings. The lowest BCUT2D eigenvalue weighted by Gasteiger charge is -2.37. The molecule has 2 aliphatic heterocycles. The fraction of sp³-hybridized carbons (Fsp3) is 0.360. The number of rotatable bonds is 5. The lowest BCUT2D eigenvalue weighted by Crippen LogP contribution is -2.42. The average molecular weight is 438 g/mol. The summed E-state index contributed by atoms with van der Waals surface area (Å²) < 4.78 is 25.3. The largest absolute Gasteiger partial charge is 0.493 e. The molecule has 2 unspecified atom stereocenters. The minimum absolute atomic E-state index is 0.0476. The van der Waals surface area contributed by atoms with Crippen molar-refractivity contribution in [2.24, 2.45) is 11.8 Å². The Labute approximate surface area is 187 Å². The monoisotopic (exact) mass is 438 g/mol. The third kappa shape index (κ3) is 3.72. The van der Waals surface area contributed by atoms with Gasteiger partial charge in [0.1, 0.15) is 11.5 Å². The molecular formula is C25H27FN2O4. The molecule has 7 heteroatoms. The van der Waals surface area contributed by atoms with E-state index in [-0.39, 0.29) is 11.3 Å². The number of amides is 2. The topological polar surface area (TPSA) is 59.1 Å². The van der Waals surface area contributed by atoms with E-state index in [1.165, 1.54) is 32.4 Å². The van der Waals surface area contributed by atoms with Gasteiger partial charge in [-0.15, -0.1) is 0 Å². The van der Waals surface area contributed by atoms with Gasteiger partial charge in [0.2, 0.25) is 0 Å². The number of methoxy groups -OCH3 is 2. The van der Waals surface area contributed by atoms with Crippen LogP contribution in [0.2, 0.25) is 0 Å². The number of carbonyl (C=O) groups is 2. The lowest BCUT2D eigenvalue weighted by molar-refractivity contribution is -0.121. The smallest absolute Gasteiger partial charge is 0.282 e. The van der Waals surface area contributed by atoms with Gasteiger partial charge in [0.05, 0.1) is 25.5 Å². The molecule has 32 heavy (non-hydrogen) atoms. The summed E-state index contributed by atoms with van der Waals surface area (Å²) in [5, 5.41) is 0. The molecule has 2 heterocycles. The summed E-state index contributed by atoms with van der Waals surface area (Å²) in [5.74, 6) is 0.0108. The van der Waals surface area contributed by atoms with Crippen molar-refractivity contribution in [1.29, 1.82) is 0 Å². The summed E-state index contributed by atoms with van der Waals surface area (Å²) >= 11 is 0. The predicted molar refractivity (Wildman–Crippen MR) is 120 cm³/mol. The molecule has 0 radical (unpaired) electrons. The van der Waals surface area contributed by atoms with E-state index in [9.17, 15) is 14.0 Å². The van der Waals surface area contributed by atoms with Crippen LogP contribution in [0.15, 0.2) is 48.2 Å². The second-order valence-corrected chi connectivity index (χ2v) is 8.54. The van der Waals surface area contributed by atoms with Gasteiger partial charge in [-0.05, 0) is 48.1 Å². The summed E-state index contributed by atoms with van der Waals surface area (Å²) in [6.07, 6.45) is 1.05. The molecule has 1 fully saturated rings. The van der Waals surface area contributed by atoms with Crippen molar-refractivity contribution in [3.05, 3.63) is 59.5 Å². The van der Waals surface area contributed by atoms with E-state index in [0.29, 0.717) is 47.7 Å². The molecule has 2 amide bonds. The number of para-hydroxylation sites is 1. The Hall–Kier alpha value is -3.35. The van der Waals surface area contributed by atoms with E-state index in [2.05, 4.69) is 13.8 Å². The standard InChI is InChI=1S/C25H27FN2O4/c1-15-11-16(2)14-27(13-15)23-22(17-9-10-20(31-3)21(12-17)32-4)24(29)28(25(23)30)19-8-6-5-7-18(19)26/h5-10,12,15-16H,11,13-14H2,1-4H3. The van der Waals surface area contributed by atoms with E-state index in [1.807, 2.05) is 4.90 Å². The van der Waals surface area contributed by atoms with Crippen LogP contribution in [0.25, 0.3) is 5.57 Å². The summed E-state index contributed by atoms with van der Waals surface area (Å²) in [6.45, 7) is 5.57. The second kappa shape index (κ2) is 8.65. The number of ether oxygens (including phenoxy) is 2. The number of benzene rings is 2. The van der Waals surface area contributed by atoms with E-state index in [0.717, 1.165) is 11.3 Å². The van der Waals surface area contributed by atoms with Crippen LogP contribution in [-0.4, -0.2) is 44.0 Å². The van der Waals surface area contributed by atoms with Gasteiger partial charge in [0.15, 0.2) is 11.5 Å². The zero-order valence-corrected chi connectivity index (χ0v) is 18.7. The maximum absolute atomic E-state index is 14.6. The van der Waals surface area contributed by atoms with Crippen LogP contribution in [0.4, 0.5) is 10.1 Å². The van der Waals surface area contributed by atoms with Crippen LogP contribution in [0, 0.1) is 17.7 Å². The molecule has 6 nitrogen and oxygen atoms in total. The molecular weight excluding hydrogens is 411 g/mol. The Morgan fingerprint density at radius 3 is 2.19 bits per heavy atom. The average Bonchev–Trinajstić information content (AvgIpc) is 3.03. The van der Waals surface area contributed by atoms with E-state index < -0.39 is 17.6 Å². The highest BCUT2D eigenvalue weighted by molar-refractivity contribution is 6.45. The highest BCUT2D eigenvalue weighted by Crippen LogP contribution is 2.40. The van der Waals surface area contributed by atoms with Crippen molar-refractivity contribution in [2.45, 2.75) is 20.3 Å². The molecule has 2 atom stereocenters. The molecule has 0 aromatic heterocycles. The molecule has 0 N–H and O–H groups in total. The third-order valence-corrected chi connectivity index (χ3v) is 6.01. The van der Waals surface area contributed by atoms with Crippen LogP contribution >= 0.6 is 0 Å². The first-order valence-corrected chi connectivity index (χ1v) is 10.7. The number of piperidine rings is 1. The van der Waals surface area contributed by atoms with Gasteiger partial charge in [0.25, 0.3) is 11.8 Å². The Bertz CT molecular complexity index is 1090. The number of hydrogen-bond donors (Lipinski definition) is 0. The summed E-state index contributed by atoms with van der Waals surface area (Å²) in [4.78, 5) is 30.2. The SMILES string of the molecule is COc1ccc(C2=C(N3CC(C)CC(C)C3)C(=O)N(c3ccccc3F)C2=O)cc1OC. The van der Waals surface area contributed by atoms with Gasteiger partial charge in [-0.3, -0.25) is 9.59 Å². The van der Waals surface area contributed by atoms with Crippen molar-refractivity contribution in [3.63, 3.8) is 0 Å². The maximum Gasteiger partial charge on any atom is 0.282 e. The zero-order valence-electron chi connectivity index (χ0n) is 18.7. The van der Waals surface area contributed by atoms with E-state index in [4.69, 9.17) is 9.47 Å². The van der Waals surface area contributed by atoms with Crippen LogP contribution in [0.3, 0.4) is 0 Å². The summed E-state index contributed by atoms with van der Waals surface area (Å²) in [7, 11) is 3.04. The number of nitrogens with zero attached hydrogens (tertiary/aromatic N) is 2. The van der Waals surface area contributed by atoms with Gasteiger partial charge in [-0.1, -0.05) is 32.0 Å². The van der Waals surface area contributed by atoms with Gasteiger partial charge in [0, 0.05) is 13.1 Å². The molecule has 1 saturated heterocycles. The number of carbonyl (C=O) groups excluding carboxylic acids is 2. The molecule has 0 bridgehead atoms. The first-order chi connectivity index (χ1) is 15.3. The van der Waals surface area contributed by atoms with E-state index >= 15 is 0 Å². The first kappa shape index (κ1) is 21.9. The molecule has 0 aliphatic carbocycles. The molecule has 168 valence electrons. The third-order valence-electron chi connectivity index (χ3n) is 6.01. The normalized spacial score (nSPS) is 21.4. The maximum atomic E-state index is 14.6. The number of likely N-dealkylation sites (tertiary alicyclic amines) is 1. The van der Waals surface area contributed by atoms with Crippen LogP contribution in [0.5, 0.6) is 11.5 Å². The number of halogens is 1. The Balaban J connectivity index is 1.88. The fourth-order valence-corrected chi connectivity index (χ4v) is 4.76. The van der Waals surface area contributed by atoms with Crippen molar-refractivity contribution in [1.82, 2.24) is 4.90 Å². The van der Waals surface area contributed by atoms with Crippen LogP contribution in [-0.2, 0) is 9.59 Å². The van der Waals surface area contributed by atoms with Crippen molar-refractivity contribution < 1.29 is 23.5 Å². The minimum atomic E-state index is -0.623. The van der Waals surface area contributed by atoms with Gasteiger partial charge < -0.3 is 14.4 Å². The van der Waals surface area contributed by atoms with Crippen LogP contribution < -0.4 is 14.4 Å². The first-order valence-electron chi connectivity index (χ1n) is 10.7. The Kier molecular flexibility index (Phi) is 5.91. The Morgan fingerprint density at radius 2 is 1.56 bits per heavy atom. The van der Waals surface area contributed by atoms with Crippen molar-refractivity contribution >= 4 is 23.1 Å². The molecule has 2 aromatic rings. The molecule has 2 aromatic carbocycles. The van der Waals surface area contributed by atoms with Crippen LogP contribution in [0.1, 0.15) is 25.8 Å². The minimum Gasteiger partial charge on any atom is -0.493 e. The Morgan fingerprint density at radius 1 is 0.906 bits per heavy atom. The van der Waals surface area contributed by atoms with Gasteiger partial charge in [-0.2, -0.15) is 0 Å². The predicted octanol–water partition coefficient (Wildman–Crippen LogP) is 4.11. The lowest BCUT2D eigenvalue weighted by atomic mass is 9.91. The summed E-state index contributed by atoms with van der Waals surface area (Å²) in [6, 6.07) is 10.9. The zero-order chi connectivity index (χ0) is 23.0. The molecule has 0 spiro atoms. The number of anilines is 1. The fourth-order valence-electron chi connectivity index (χ4n) is 4.76. The molecule has 0 saturated carbocycles. The summed E-state index contributed by atoms with van der Waals surface area (Å²) in [5.41, 5.74) is 1.04. The van der Waals surface area contributed by atoms with Crippen molar-refractivity contribution in [2.75, 3.05) is 32.2 Å². The number of hydrogen-bond acceptors (Lipinski definition) is 5. The molecule has 4 rings (SSSR count). The van der Waals surface area contributed by atoms with E-state index in [1.54, 1.807) is 24.3 Å². The highest BCUT2D eigenvalue weighted by atomic mass is 19.1. The van der Waals surface area contributed by atoms with Gasteiger partial charge >= 0.3 is 0 Å².